The van der Waals surface area contributed by atoms with Crippen molar-refractivity contribution >= 4 is 11.6 Å². The van der Waals surface area contributed by atoms with Crippen molar-refractivity contribution in [3.05, 3.63) is 23.8 Å². The molecule has 0 saturated heterocycles. The second-order valence-corrected chi connectivity index (χ2v) is 5.99. The molecule has 1 unspecified atom stereocenters. The molecule has 1 amide bonds. The van der Waals surface area contributed by atoms with E-state index in [1.165, 1.54) is 0 Å². The van der Waals surface area contributed by atoms with Gasteiger partial charge in [-0.2, -0.15) is 0 Å². The Balaban J connectivity index is 1.66. The number of benzene rings is 1. The van der Waals surface area contributed by atoms with E-state index in [9.17, 15) is 9.90 Å². The smallest absolute Gasteiger partial charge is 0.262 e. The number of hydrogen-bond donors (Lipinski definition) is 3. The Kier molecular flexibility index (Phi) is 4.12. The van der Waals surface area contributed by atoms with E-state index in [0.29, 0.717) is 6.04 Å². The number of rotatable bonds is 3. The van der Waals surface area contributed by atoms with Crippen LogP contribution in [0.15, 0.2) is 18.2 Å². The highest BCUT2D eigenvalue weighted by atomic mass is 16.5. The van der Waals surface area contributed by atoms with Crippen molar-refractivity contribution in [1.29, 1.82) is 0 Å². The third kappa shape index (κ3) is 3.36. The molecule has 0 aromatic heterocycles. The number of anilines is 1. The summed E-state index contributed by atoms with van der Waals surface area (Å²) in [5.74, 6) is 0.618. The summed E-state index contributed by atoms with van der Waals surface area (Å²) >= 11 is 0. The summed E-state index contributed by atoms with van der Waals surface area (Å²) in [6, 6.07) is 6.57. The van der Waals surface area contributed by atoms with Crippen LogP contribution >= 0.6 is 0 Å². The van der Waals surface area contributed by atoms with Crippen molar-refractivity contribution in [1.82, 2.24) is 5.32 Å². The van der Waals surface area contributed by atoms with Crippen molar-refractivity contribution in [3.8, 4) is 5.75 Å². The van der Waals surface area contributed by atoms with E-state index in [4.69, 9.17) is 4.74 Å². The van der Waals surface area contributed by atoms with E-state index in [0.717, 1.165) is 42.7 Å². The maximum Gasteiger partial charge on any atom is 0.262 e. The zero-order valence-electron chi connectivity index (χ0n) is 12.3. The SMILES string of the molecule is CC(NC1CCC(O)CC1)c1ccc2c(c1)NC(=O)CO2. The molecular formula is C16H22N2O3. The summed E-state index contributed by atoms with van der Waals surface area (Å²) in [5.41, 5.74) is 1.88. The van der Waals surface area contributed by atoms with Gasteiger partial charge in [-0.1, -0.05) is 6.07 Å². The predicted octanol–water partition coefficient (Wildman–Crippen LogP) is 1.97. The van der Waals surface area contributed by atoms with E-state index in [1.54, 1.807) is 0 Å². The molecule has 1 aliphatic heterocycles. The van der Waals surface area contributed by atoms with Crippen LogP contribution in [0.3, 0.4) is 0 Å². The average Bonchev–Trinajstić information content (AvgIpc) is 2.48. The first-order valence-electron chi connectivity index (χ1n) is 7.62. The van der Waals surface area contributed by atoms with E-state index in [-0.39, 0.29) is 24.7 Å². The van der Waals surface area contributed by atoms with Crippen LogP contribution in [-0.4, -0.2) is 29.8 Å². The highest BCUT2D eigenvalue weighted by molar-refractivity contribution is 5.95. The van der Waals surface area contributed by atoms with Crippen LogP contribution in [0.5, 0.6) is 5.75 Å². The molecule has 1 aromatic carbocycles. The van der Waals surface area contributed by atoms with Gasteiger partial charge >= 0.3 is 0 Å². The molecule has 1 fully saturated rings. The van der Waals surface area contributed by atoms with Crippen molar-refractivity contribution < 1.29 is 14.6 Å². The van der Waals surface area contributed by atoms with Gasteiger partial charge in [-0.25, -0.2) is 0 Å². The molecular weight excluding hydrogens is 268 g/mol. The molecule has 3 N–H and O–H groups in total. The predicted molar refractivity (Wildman–Crippen MR) is 80.4 cm³/mol. The Labute approximate surface area is 124 Å². The van der Waals surface area contributed by atoms with Gasteiger partial charge in [0, 0.05) is 12.1 Å². The first-order valence-corrected chi connectivity index (χ1v) is 7.62. The average molecular weight is 290 g/mol. The first kappa shape index (κ1) is 14.4. The number of hydrogen-bond acceptors (Lipinski definition) is 4. The number of fused-ring (bicyclic) bond motifs is 1. The minimum Gasteiger partial charge on any atom is -0.482 e. The molecule has 1 atom stereocenters. The number of carbonyl (C=O) groups excluding carboxylic acids is 1. The number of ether oxygens (including phenoxy) is 1. The van der Waals surface area contributed by atoms with E-state index in [2.05, 4.69) is 17.6 Å². The van der Waals surface area contributed by atoms with Gasteiger partial charge in [0.05, 0.1) is 11.8 Å². The molecule has 1 aliphatic carbocycles. The third-order valence-electron chi connectivity index (χ3n) is 4.32. The van der Waals surface area contributed by atoms with Crippen molar-refractivity contribution in [2.24, 2.45) is 0 Å². The molecule has 0 bridgehead atoms. The number of carbonyl (C=O) groups is 1. The van der Waals surface area contributed by atoms with E-state index in [1.807, 2.05) is 18.2 Å². The fraction of sp³-hybridized carbons (Fsp3) is 0.562. The molecule has 3 rings (SSSR count). The zero-order chi connectivity index (χ0) is 14.8. The molecule has 2 aliphatic rings. The number of aliphatic hydroxyl groups is 1. The molecule has 0 radical (unpaired) electrons. The monoisotopic (exact) mass is 290 g/mol. The van der Waals surface area contributed by atoms with Crippen molar-refractivity contribution in [2.75, 3.05) is 11.9 Å². The van der Waals surface area contributed by atoms with Crippen LogP contribution in [0.1, 0.15) is 44.2 Å². The maximum atomic E-state index is 11.4. The molecule has 21 heavy (non-hydrogen) atoms. The van der Waals surface area contributed by atoms with Gasteiger partial charge in [0.25, 0.3) is 5.91 Å². The summed E-state index contributed by atoms with van der Waals surface area (Å²) in [4.78, 5) is 11.4. The van der Waals surface area contributed by atoms with Gasteiger partial charge < -0.3 is 20.5 Å². The molecule has 1 aromatic rings. The van der Waals surface area contributed by atoms with Crippen LogP contribution in [-0.2, 0) is 4.79 Å². The fourth-order valence-corrected chi connectivity index (χ4v) is 3.06. The highest BCUT2D eigenvalue weighted by Gasteiger charge is 2.22. The molecule has 5 heteroatoms. The largest absolute Gasteiger partial charge is 0.482 e. The van der Waals surface area contributed by atoms with Crippen molar-refractivity contribution in [2.45, 2.75) is 50.8 Å². The maximum absolute atomic E-state index is 11.4. The van der Waals surface area contributed by atoms with Crippen molar-refractivity contribution in [3.63, 3.8) is 0 Å². The lowest BCUT2D eigenvalue weighted by molar-refractivity contribution is -0.118. The van der Waals surface area contributed by atoms with Gasteiger partial charge in [-0.05, 0) is 50.3 Å². The Morgan fingerprint density at radius 3 is 2.86 bits per heavy atom. The summed E-state index contributed by atoms with van der Waals surface area (Å²) in [6.45, 7) is 2.21. The molecule has 1 saturated carbocycles. The van der Waals surface area contributed by atoms with Gasteiger partial charge in [-0.3, -0.25) is 4.79 Å². The second kappa shape index (κ2) is 6.03. The van der Waals surface area contributed by atoms with Gasteiger partial charge in [0.15, 0.2) is 6.61 Å². The number of amides is 1. The van der Waals surface area contributed by atoms with Crippen LogP contribution < -0.4 is 15.4 Å². The quantitative estimate of drug-likeness (QED) is 0.796. The van der Waals surface area contributed by atoms with Gasteiger partial charge in [0.1, 0.15) is 5.75 Å². The zero-order valence-corrected chi connectivity index (χ0v) is 12.3. The van der Waals surface area contributed by atoms with Crippen LogP contribution in [0.4, 0.5) is 5.69 Å². The Morgan fingerprint density at radius 1 is 1.33 bits per heavy atom. The van der Waals surface area contributed by atoms with Crippen LogP contribution in [0, 0.1) is 0 Å². The minimum atomic E-state index is -0.130. The second-order valence-electron chi connectivity index (χ2n) is 5.99. The summed E-state index contributed by atoms with van der Waals surface area (Å²) in [5, 5.41) is 16.0. The fourth-order valence-electron chi connectivity index (χ4n) is 3.06. The Morgan fingerprint density at radius 2 is 2.10 bits per heavy atom. The highest BCUT2D eigenvalue weighted by Crippen LogP contribution is 2.31. The van der Waals surface area contributed by atoms with Gasteiger partial charge in [0.2, 0.25) is 0 Å². The lowest BCUT2D eigenvalue weighted by Crippen LogP contribution is -2.36. The number of nitrogens with one attached hydrogen (secondary N) is 2. The summed E-state index contributed by atoms with van der Waals surface area (Å²) in [7, 11) is 0. The Hall–Kier alpha value is -1.59. The first-order chi connectivity index (χ1) is 10.1. The molecule has 0 spiro atoms. The lowest BCUT2D eigenvalue weighted by atomic mass is 9.92. The van der Waals surface area contributed by atoms with E-state index < -0.39 is 0 Å². The van der Waals surface area contributed by atoms with Gasteiger partial charge in [-0.15, -0.1) is 0 Å². The van der Waals surface area contributed by atoms with E-state index >= 15 is 0 Å². The number of aliphatic hydroxyl groups excluding tert-OH is 1. The molecule has 5 nitrogen and oxygen atoms in total. The molecule has 1 heterocycles. The Bertz CT molecular complexity index is 524. The minimum absolute atomic E-state index is 0.0878. The normalized spacial score (nSPS) is 26.5. The summed E-state index contributed by atoms with van der Waals surface area (Å²) < 4.78 is 5.37. The lowest BCUT2D eigenvalue weighted by Gasteiger charge is -2.29. The third-order valence-corrected chi connectivity index (χ3v) is 4.32. The van der Waals surface area contributed by atoms with Crippen LogP contribution in [0.2, 0.25) is 0 Å². The standard InChI is InChI=1S/C16H22N2O3/c1-10(17-12-3-5-13(19)6-4-12)11-2-7-15-14(8-11)18-16(20)9-21-15/h2,7-8,10,12-13,17,19H,3-6,9H2,1H3,(H,18,20). The van der Waals surface area contributed by atoms with Crippen LogP contribution in [0.25, 0.3) is 0 Å². The topological polar surface area (TPSA) is 70.6 Å². The summed E-state index contributed by atoms with van der Waals surface area (Å²) in [6.07, 6.45) is 3.64. The molecule has 114 valence electrons.